The van der Waals surface area contributed by atoms with Gasteiger partial charge >= 0.3 is 0 Å². The van der Waals surface area contributed by atoms with Crippen LogP contribution in [0.1, 0.15) is 36.3 Å². The predicted octanol–water partition coefficient (Wildman–Crippen LogP) is 1.51. The molecule has 4 nitrogen and oxygen atoms in total. The van der Waals surface area contributed by atoms with Crippen LogP contribution in [-0.4, -0.2) is 35.9 Å². The molecular weight excluding hydrogens is 238 g/mol. The van der Waals surface area contributed by atoms with Crippen molar-refractivity contribution in [2.24, 2.45) is 11.7 Å². The maximum absolute atomic E-state index is 12.3. The molecule has 19 heavy (non-hydrogen) atoms. The van der Waals surface area contributed by atoms with Gasteiger partial charge in [-0.2, -0.15) is 0 Å². The van der Waals surface area contributed by atoms with Gasteiger partial charge < -0.3 is 10.6 Å². The molecule has 0 spiro atoms. The Bertz CT molecular complexity index is 488. The van der Waals surface area contributed by atoms with Crippen LogP contribution in [0.2, 0.25) is 0 Å². The normalized spacial score (nSPS) is 11.4. The van der Waals surface area contributed by atoms with E-state index < -0.39 is 0 Å². The fourth-order valence-electron chi connectivity index (χ4n) is 1.68. The molecule has 1 aromatic heterocycles. The SMILES string of the molecule is CCC(C)CN(C)C(=O)c1ncccc1C#CCN. The second-order valence-electron chi connectivity index (χ2n) is 4.60. The molecule has 0 aromatic carbocycles. The van der Waals surface area contributed by atoms with Gasteiger partial charge in [0.2, 0.25) is 0 Å². The highest BCUT2D eigenvalue weighted by atomic mass is 16.2. The first-order valence-corrected chi connectivity index (χ1v) is 6.49. The second kappa shape index (κ2) is 7.55. The average molecular weight is 259 g/mol. The predicted molar refractivity (Wildman–Crippen MR) is 76.6 cm³/mol. The number of aromatic nitrogens is 1. The lowest BCUT2D eigenvalue weighted by Gasteiger charge is -2.20. The topological polar surface area (TPSA) is 59.2 Å². The summed E-state index contributed by atoms with van der Waals surface area (Å²) in [7, 11) is 1.79. The van der Waals surface area contributed by atoms with Gasteiger partial charge in [0.25, 0.3) is 5.91 Å². The van der Waals surface area contributed by atoms with Crippen LogP contribution in [-0.2, 0) is 0 Å². The summed E-state index contributed by atoms with van der Waals surface area (Å²) >= 11 is 0. The Morgan fingerprint density at radius 3 is 2.95 bits per heavy atom. The van der Waals surface area contributed by atoms with E-state index >= 15 is 0 Å². The standard InChI is InChI=1S/C15H21N3O/c1-4-12(2)11-18(3)15(19)14-13(7-5-9-16)8-6-10-17-14/h6,8,10,12H,4,9,11,16H2,1-3H3. The van der Waals surface area contributed by atoms with Gasteiger partial charge in [-0.3, -0.25) is 4.79 Å². The Morgan fingerprint density at radius 2 is 2.32 bits per heavy atom. The highest BCUT2D eigenvalue weighted by Gasteiger charge is 2.17. The molecule has 0 radical (unpaired) electrons. The van der Waals surface area contributed by atoms with E-state index in [0.717, 1.165) is 13.0 Å². The third kappa shape index (κ3) is 4.38. The number of amides is 1. The third-order valence-corrected chi connectivity index (χ3v) is 2.96. The van der Waals surface area contributed by atoms with Crippen LogP contribution in [0.15, 0.2) is 18.3 Å². The summed E-state index contributed by atoms with van der Waals surface area (Å²) in [5.41, 5.74) is 6.39. The van der Waals surface area contributed by atoms with Crippen molar-refractivity contribution in [2.75, 3.05) is 20.1 Å². The van der Waals surface area contributed by atoms with E-state index in [0.29, 0.717) is 17.2 Å². The molecule has 1 amide bonds. The number of hydrogen-bond donors (Lipinski definition) is 1. The van der Waals surface area contributed by atoms with Gasteiger partial charge in [0.15, 0.2) is 0 Å². The molecule has 0 aliphatic heterocycles. The van der Waals surface area contributed by atoms with E-state index in [-0.39, 0.29) is 12.5 Å². The first-order chi connectivity index (χ1) is 9.10. The van der Waals surface area contributed by atoms with Crippen LogP contribution < -0.4 is 5.73 Å². The van der Waals surface area contributed by atoms with Crippen molar-refractivity contribution in [2.45, 2.75) is 20.3 Å². The van der Waals surface area contributed by atoms with Crippen LogP contribution in [0.5, 0.6) is 0 Å². The lowest BCUT2D eigenvalue weighted by atomic mass is 10.1. The molecule has 1 atom stereocenters. The van der Waals surface area contributed by atoms with Gasteiger partial charge in [0.1, 0.15) is 5.69 Å². The molecule has 0 saturated carbocycles. The number of hydrogen-bond acceptors (Lipinski definition) is 3. The van der Waals surface area contributed by atoms with E-state index in [2.05, 4.69) is 30.7 Å². The quantitative estimate of drug-likeness (QED) is 0.834. The molecule has 1 rings (SSSR count). The summed E-state index contributed by atoms with van der Waals surface area (Å²) in [6, 6.07) is 3.56. The zero-order valence-corrected chi connectivity index (χ0v) is 11.8. The first kappa shape index (κ1) is 15.2. The molecule has 1 heterocycles. The van der Waals surface area contributed by atoms with E-state index in [9.17, 15) is 4.79 Å². The summed E-state index contributed by atoms with van der Waals surface area (Å²) in [5.74, 6) is 6.02. The fourth-order valence-corrected chi connectivity index (χ4v) is 1.68. The first-order valence-electron chi connectivity index (χ1n) is 6.49. The van der Waals surface area contributed by atoms with Gasteiger partial charge in [-0.25, -0.2) is 4.98 Å². The molecule has 1 aromatic rings. The van der Waals surface area contributed by atoms with Gasteiger partial charge in [-0.15, -0.1) is 0 Å². The molecule has 0 saturated heterocycles. The number of carbonyl (C=O) groups is 1. The van der Waals surface area contributed by atoms with Crippen molar-refractivity contribution >= 4 is 5.91 Å². The van der Waals surface area contributed by atoms with Gasteiger partial charge in [0, 0.05) is 19.8 Å². The Morgan fingerprint density at radius 1 is 1.58 bits per heavy atom. The average Bonchev–Trinajstić information content (AvgIpc) is 2.44. The number of rotatable bonds is 4. The van der Waals surface area contributed by atoms with Crippen molar-refractivity contribution in [3.63, 3.8) is 0 Å². The van der Waals surface area contributed by atoms with Gasteiger partial charge in [0.05, 0.1) is 12.1 Å². The van der Waals surface area contributed by atoms with E-state index in [4.69, 9.17) is 5.73 Å². The summed E-state index contributed by atoms with van der Waals surface area (Å²) in [5, 5.41) is 0. The van der Waals surface area contributed by atoms with E-state index in [1.165, 1.54) is 0 Å². The Labute approximate surface area is 115 Å². The van der Waals surface area contributed by atoms with Crippen LogP contribution in [0, 0.1) is 17.8 Å². The maximum atomic E-state index is 12.3. The molecule has 0 bridgehead atoms. The minimum Gasteiger partial charge on any atom is -0.340 e. The highest BCUT2D eigenvalue weighted by Crippen LogP contribution is 2.09. The number of nitrogens with zero attached hydrogens (tertiary/aromatic N) is 2. The van der Waals surface area contributed by atoms with Crippen molar-refractivity contribution < 1.29 is 4.79 Å². The molecule has 102 valence electrons. The largest absolute Gasteiger partial charge is 0.340 e. The number of nitrogens with two attached hydrogens (primary N) is 1. The fraction of sp³-hybridized carbons (Fsp3) is 0.467. The minimum atomic E-state index is -0.0952. The van der Waals surface area contributed by atoms with Crippen LogP contribution in [0.3, 0.4) is 0 Å². The van der Waals surface area contributed by atoms with Crippen LogP contribution in [0.4, 0.5) is 0 Å². The number of pyridine rings is 1. The van der Waals surface area contributed by atoms with Crippen LogP contribution in [0.25, 0.3) is 0 Å². The summed E-state index contributed by atoms with van der Waals surface area (Å²) in [6.07, 6.45) is 2.65. The second-order valence-corrected chi connectivity index (χ2v) is 4.60. The maximum Gasteiger partial charge on any atom is 0.273 e. The zero-order chi connectivity index (χ0) is 14.3. The molecule has 2 N–H and O–H groups in total. The van der Waals surface area contributed by atoms with Crippen molar-refractivity contribution in [1.29, 1.82) is 0 Å². The lowest BCUT2D eigenvalue weighted by Crippen LogP contribution is -2.32. The molecule has 1 unspecified atom stereocenters. The third-order valence-electron chi connectivity index (χ3n) is 2.96. The van der Waals surface area contributed by atoms with Gasteiger partial charge in [-0.1, -0.05) is 32.1 Å². The Hall–Kier alpha value is -1.86. The van der Waals surface area contributed by atoms with Gasteiger partial charge in [-0.05, 0) is 18.1 Å². The molecule has 0 fully saturated rings. The van der Waals surface area contributed by atoms with E-state index in [1.807, 2.05) is 0 Å². The lowest BCUT2D eigenvalue weighted by molar-refractivity contribution is 0.0769. The Balaban J connectivity index is 2.93. The molecule has 0 aliphatic carbocycles. The molecule has 0 aliphatic rings. The van der Waals surface area contributed by atoms with Crippen molar-refractivity contribution in [3.8, 4) is 11.8 Å². The highest BCUT2D eigenvalue weighted by molar-refractivity contribution is 5.94. The smallest absolute Gasteiger partial charge is 0.273 e. The monoisotopic (exact) mass is 259 g/mol. The summed E-state index contributed by atoms with van der Waals surface area (Å²) in [4.78, 5) is 18.2. The molecular formula is C15H21N3O. The van der Waals surface area contributed by atoms with Crippen molar-refractivity contribution in [1.82, 2.24) is 9.88 Å². The van der Waals surface area contributed by atoms with Crippen LogP contribution >= 0.6 is 0 Å². The summed E-state index contributed by atoms with van der Waals surface area (Å²) in [6.45, 7) is 5.22. The van der Waals surface area contributed by atoms with E-state index in [1.54, 1.807) is 30.3 Å². The zero-order valence-electron chi connectivity index (χ0n) is 11.8. The Kier molecular flexibility index (Phi) is 6.04. The summed E-state index contributed by atoms with van der Waals surface area (Å²) < 4.78 is 0. The van der Waals surface area contributed by atoms with Crippen molar-refractivity contribution in [3.05, 3.63) is 29.6 Å². The molecule has 4 heteroatoms. The minimum absolute atomic E-state index is 0.0952. The number of carbonyl (C=O) groups excluding carboxylic acids is 1.